The normalized spacial score (nSPS) is 11.9. The van der Waals surface area contributed by atoms with Crippen molar-refractivity contribution in [1.29, 1.82) is 5.26 Å². The van der Waals surface area contributed by atoms with Crippen LogP contribution in [0.4, 0.5) is 0 Å². The number of hydrogen-bond donors (Lipinski definition) is 0. The maximum Gasteiger partial charge on any atom is 0.316 e. The van der Waals surface area contributed by atoms with Crippen molar-refractivity contribution >= 4 is 11.8 Å². The fourth-order valence-corrected chi connectivity index (χ4v) is 1.23. The van der Waals surface area contributed by atoms with E-state index in [9.17, 15) is 9.59 Å². The van der Waals surface area contributed by atoms with Gasteiger partial charge >= 0.3 is 5.97 Å². The molecule has 0 aliphatic heterocycles. The summed E-state index contributed by atoms with van der Waals surface area (Å²) in [6.45, 7) is 5.42. The number of ether oxygens (including phenoxy) is 1. The zero-order valence-electron chi connectivity index (χ0n) is 9.45. The van der Waals surface area contributed by atoms with E-state index in [1.165, 1.54) is 0 Å². The van der Waals surface area contributed by atoms with Crippen LogP contribution < -0.4 is 0 Å². The number of rotatable bonds is 6. The van der Waals surface area contributed by atoms with Crippen LogP contribution in [0.5, 0.6) is 0 Å². The Hall–Kier alpha value is -1.37. The van der Waals surface area contributed by atoms with Gasteiger partial charge in [-0.25, -0.2) is 0 Å². The number of carbonyl (C=O) groups excluding carboxylic acids is 2. The molecule has 1 unspecified atom stereocenters. The smallest absolute Gasteiger partial charge is 0.316 e. The molecule has 1 atom stereocenters. The molecule has 4 heteroatoms. The zero-order valence-corrected chi connectivity index (χ0v) is 9.45. The summed E-state index contributed by atoms with van der Waals surface area (Å²) in [6.07, 6.45) is 0.453. The van der Waals surface area contributed by atoms with Gasteiger partial charge in [0.1, 0.15) is 11.7 Å². The molecule has 0 aromatic heterocycles. The lowest BCUT2D eigenvalue weighted by Gasteiger charge is -2.14. The summed E-state index contributed by atoms with van der Waals surface area (Å²) < 4.78 is 4.80. The summed E-state index contributed by atoms with van der Waals surface area (Å²) in [7, 11) is 0. The van der Waals surface area contributed by atoms with Crippen molar-refractivity contribution in [3.63, 3.8) is 0 Å². The molecule has 0 saturated heterocycles. The van der Waals surface area contributed by atoms with Gasteiger partial charge in [-0.05, 0) is 13.3 Å². The van der Waals surface area contributed by atoms with Gasteiger partial charge in [0.2, 0.25) is 0 Å². The van der Waals surface area contributed by atoms with Crippen LogP contribution in [0.25, 0.3) is 0 Å². The third kappa shape index (κ3) is 4.59. The van der Waals surface area contributed by atoms with Crippen molar-refractivity contribution in [1.82, 2.24) is 0 Å². The molecule has 0 bridgehead atoms. The number of ketones is 1. The van der Waals surface area contributed by atoms with E-state index in [0.717, 1.165) is 0 Å². The summed E-state index contributed by atoms with van der Waals surface area (Å²) >= 11 is 0. The molecule has 84 valence electrons. The van der Waals surface area contributed by atoms with E-state index in [1.54, 1.807) is 20.8 Å². The highest BCUT2D eigenvalue weighted by atomic mass is 16.5. The average Bonchev–Trinajstić information content (AvgIpc) is 2.18. The summed E-state index contributed by atoms with van der Waals surface area (Å²) in [5.41, 5.74) is 0. The van der Waals surface area contributed by atoms with E-state index >= 15 is 0 Å². The Kier molecular flexibility index (Phi) is 6.35. The monoisotopic (exact) mass is 211 g/mol. The third-order valence-corrected chi connectivity index (χ3v) is 2.03. The highest BCUT2D eigenvalue weighted by Crippen LogP contribution is 2.15. The summed E-state index contributed by atoms with van der Waals surface area (Å²) in [5.74, 6) is -1.64. The molecular formula is C11H17NO3. The highest BCUT2D eigenvalue weighted by Gasteiger charge is 2.28. The van der Waals surface area contributed by atoms with Gasteiger partial charge in [0.25, 0.3) is 0 Å². The highest BCUT2D eigenvalue weighted by molar-refractivity contribution is 5.99. The van der Waals surface area contributed by atoms with Gasteiger partial charge in [0.05, 0.1) is 12.7 Å². The van der Waals surface area contributed by atoms with Crippen LogP contribution in [0.2, 0.25) is 0 Å². The molecule has 4 nitrogen and oxygen atoms in total. The van der Waals surface area contributed by atoms with Crippen LogP contribution in [-0.2, 0) is 14.3 Å². The quantitative estimate of drug-likeness (QED) is 0.495. The lowest BCUT2D eigenvalue weighted by molar-refractivity contribution is -0.152. The molecule has 0 aliphatic carbocycles. The minimum absolute atomic E-state index is 0.149. The minimum atomic E-state index is -0.774. The zero-order chi connectivity index (χ0) is 11.8. The Labute approximate surface area is 90.2 Å². The van der Waals surface area contributed by atoms with E-state index < -0.39 is 11.9 Å². The van der Waals surface area contributed by atoms with Gasteiger partial charge in [-0.15, -0.1) is 0 Å². The third-order valence-electron chi connectivity index (χ3n) is 2.03. The molecule has 0 saturated carbocycles. The lowest BCUT2D eigenvalue weighted by atomic mass is 9.91. The predicted molar refractivity (Wildman–Crippen MR) is 54.8 cm³/mol. The summed E-state index contributed by atoms with van der Waals surface area (Å²) in [6, 6.07) is 1.93. The van der Waals surface area contributed by atoms with Gasteiger partial charge in [-0.2, -0.15) is 5.26 Å². The van der Waals surface area contributed by atoms with Crippen molar-refractivity contribution in [3.8, 4) is 6.07 Å². The number of esters is 1. The molecule has 0 spiro atoms. The molecule has 15 heavy (non-hydrogen) atoms. The van der Waals surface area contributed by atoms with Crippen molar-refractivity contribution in [2.75, 3.05) is 6.61 Å². The van der Waals surface area contributed by atoms with Gasteiger partial charge in [-0.3, -0.25) is 9.59 Å². The predicted octanol–water partition coefficient (Wildman–Crippen LogP) is 1.69. The molecule has 0 fully saturated rings. The summed E-state index contributed by atoms with van der Waals surface area (Å²) in [5, 5.41) is 8.43. The Morgan fingerprint density at radius 3 is 2.40 bits per heavy atom. The van der Waals surface area contributed by atoms with Gasteiger partial charge in [-0.1, -0.05) is 13.8 Å². The maximum atomic E-state index is 11.7. The fourth-order valence-electron chi connectivity index (χ4n) is 1.23. The van der Waals surface area contributed by atoms with E-state index in [2.05, 4.69) is 0 Å². The molecule has 0 N–H and O–H groups in total. The lowest BCUT2D eigenvalue weighted by Crippen LogP contribution is -2.29. The van der Waals surface area contributed by atoms with Crippen LogP contribution in [0.1, 0.15) is 33.6 Å². The van der Waals surface area contributed by atoms with E-state index in [0.29, 0.717) is 0 Å². The van der Waals surface area contributed by atoms with Crippen LogP contribution in [0, 0.1) is 23.2 Å². The molecular weight excluding hydrogens is 194 g/mol. The topological polar surface area (TPSA) is 67.2 Å². The van der Waals surface area contributed by atoms with Crippen LogP contribution in [0.3, 0.4) is 0 Å². The van der Waals surface area contributed by atoms with E-state index in [1.807, 2.05) is 6.07 Å². The second kappa shape index (κ2) is 6.99. The first kappa shape index (κ1) is 13.6. The second-order valence-corrected chi connectivity index (χ2v) is 3.56. The molecule has 0 aromatic carbocycles. The second-order valence-electron chi connectivity index (χ2n) is 3.56. The molecule has 0 aliphatic rings. The van der Waals surface area contributed by atoms with Gasteiger partial charge in [0, 0.05) is 12.3 Å². The van der Waals surface area contributed by atoms with Crippen LogP contribution in [-0.4, -0.2) is 18.4 Å². The van der Waals surface area contributed by atoms with Gasteiger partial charge < -0.3 is 4.74 Å². The minimum Gasteiger partial charge on any atom is -0.465 e. The fraction of sp³-hybridized carbons (Fsp3) is 0.727. The Balaban J connectivity index is 4.51. The Bertz CT molecular complexity index is 265. The average molecular weight is 211 g/mol. The summed E-state index contributed by atoms with van der Waals surface area (Å²) in [4.78, 5) is 23.1. The first-order valence-electron chi connectivity index (χ1n) is 5.11. The largest absolute Gasteiger partial charge is 0.465 e. The molecule has 0 heterocycles. The van der Waals surface area contributed by atoms with Crippen molar-refractivity contribution in [2.45, 2.75) is 33.6 Å². The van der Waals surface area contributed by atoms with Crippen LogP contribution in [0.15, 0.2) is 0 Å². The van der Waals surface area contributed by atoms with E-state index in [4.69, 9.17) is 10.00 Å². The molecule has 0 rings (SSSR count). The number of nitrogens with zero attached hydrogens (tertiary/aromatic N) is 1. The number of carbonyl (C=O) groups is 2. The van der Waals surface area contributed by atoms with Crippen LogP contribution >= 0.6 is 0 Å². The van der Waals surface area contributed by atoms with Gasteiger partial charge in [0.15, 0.2) is 0 Å². The van der Waals surface area contributed by atoms with E-state index in [-0.39, 0.29) is 31.1 Å². The number of Topliss-reactive ketones (excluding diaryl/α,β-unsaturated/α-hetero) is 1. The first-order chi connectivity index (χ1) is 7.04. The van der Waals surface area contributed by atoms with Crippen molar-refractivity contribution < 1.29 is 14.3 Å². The van der Waals surface area contributed by atoms with Crippen molar-refractivity contribution in [3.05, 3.63) is 0 Å². The van der Waals surface area contributed by atoms with Crippen molar-refractivity contribution in [2.24, 2.45) is 11.8 Å². The maximum absolute atomic E-state index is 11.7. The number of hydrogen-bond acceptors (Lipinski definition) is 4. The molecule has 0 radical (unpaired) electrons. The SMILES string of the molecule is CCOC(=O)C(CCC#N)C(=O)C(C)C. The standard InChI is InChI=1S/C11H17NO3/c1-4-15-11(14)9(6-5-7-12)10(13)8(2)3/h8-9H,4-6H2,1-3H3. The number of nitriles is 1. The molecule has 0 amide bonds. The Morgan fingerprint density at radius 1 is 1.40 bits per heavy atom. The first-order valence-corrected chi connectivity index (χ1v) is 5.11. The molecule has 0 aromatic rings. The Morgan fingerprint density at radius 2 is 2.00 bits per heavy atom.